The molecule has 0 bridgehead atoms. The summed E-state index contributed by atoms with van der Waals surface area (Å²) in [5.41, 5.74) is 1.53. The molecule has 28 heavy (non-hydrogen) atoms. The Morgan fingerprint density at radius 3 is 2.36 bits per heavy atom. The zero-order valence-corrected chi connectivity index (χ0v) is 14.6. The summed E-state index contributed by atoms with van der Waals surface area (Å²) in [7, 11) is 0. The molecule has 6 heteroatoms. The Morgan fingerprint density at radius 1 is 1.04 bits per heavy atom. The van der Waals surface area contributed by atoms with E-state index in [4.69, 9.17) is 9.68 Å². The highest BCUT2D eigenvalue weighted by atomic mass is 16.3. The summed E-state index contributed by atoms with van der Waals surface area (Å²) in [5.74, 6) is -1.81. The van der Waals surface area contributed by atoms with E-state index >= 15 is 0 Å². The molecule has 3 aromatic rings. The summed E-state index contributed by atoms with van der Waals surface area (Å²) in [4.78, 5) is 27.2. The zero-order valence-electron chi connectivity index (χ0n) is 14.6. The third kappa shape index (κ3) is 2.75. The van der Waals surface area contributed by atoms with Crippen molar-refractivity contribution in [2.75, 3.05) is 4.90 Å². The number of amides is 1. The van der Waals surface area contributed by atoms with Gasteiger partial charge in [0.15, 0.2) is 11.5 Å². The summed E-state index contributed by atoms with van der Waals surface area (Å²) in [6.07, 6.45) is 1.36. The van der Waals surface area contributed by atoms with Crippen LogP contribution in [-0.4, -0.2) is 16.8 Å². The topological polar surface area (TPSA) is 94.5 Å². The van der Waals surface area contributed by atoms with Gasteiger partial charge in [0.2, 0.25) is 5.78 Å². The SMILES string of the molecule is N#Cc1ccc(N2C(=O)C(O)=C(C(=O)c3ccco3)C2c2ccccc2)cc1. The highest BCUT2D eigenvalue weighted by Crippen LogP contribution is 2.41. The molecular formula is C22H14N2O4. The molecule has 0 aliphatic carbocycles. The lowest BCUT2D eigenvalue weighted by molar-refractivity contribution is -0.117. The molecule has 1 amide bonds. The van der Waals surface area contributed by atoms with Crippen molar-refractivity contribution in [2.24, 2.45) is 0 Å². The first kappa shape index (κ1) is 17.3. The summed E-state index contributed by atoms with van der Waals surface area (Å²) in [6, 6.07) is 19.6. The molecule has 1 atom stereocenters. The van der Waals surface area contributed by atoms with Crippen molar-refractivity contribution in [3.8, 4) is 6.07 Å². The molecule has 1 aliphatic rings. The second kappa shape index (κ2) is 6.89. The van der Waals surface area contributed by atoms with Crippen molar-refractivity contribution in [3.05, 3.63) is 101 Å². The van der Waals surface area contributed by atoms with E-state index in [0.717, 1.165) is 0 Å². The fraction of sp³-hybridized carbons (Fsp3) is 0.0455. The molecule has 0 saturated carbocycles. The minimum absolute atomic E-state index is 0.0389. The van der Waals surface area contributed by atoms with Crippen molar-refractivity contribution in [3.63, 3.8) is 0 Å². The van der Waals surface area contributed by atoms with Gasteiger partial charge in [-0.2, -0.15) is 5.26 Å². The van der Waals surface area contributed by atoms with Crippen LogP contribution < -0.4 is 4.90 Å². The van der Waals surface area contributed by atoms with E-state index in [9.17, 15) is 14.7 Å². The van der Waals surface area contributed by atoms with Crippen LogP contribution in [0.5, 0.6) is 0 Å². The van der Waals surface area contributed by atoms with E-state index in [0.29, 0.717) is 16.8 Å². The molecular weight excluding hydrogens is 356 g/mol. The Hall–Kier alpha value is -4.11. The van der Waals surface area contributed by atoms with Gasteiger partial charge in [0.05, 0.1) is 29.5 Å². The lowest BCUT2D eigenvalue weighted by Crippen LogP contribution is -2.31. The number of aliphatic hydroxyl groups excluding tert-OH is 1. The Kier molecular flexibility index (Phi) is 4.26. The van der Waals surface area contributed by atoms with Gasteiger partial charge in [0, 0.05) is 5.69 Å². The van der Waals surface area contributed by atoms with Crippen LogP contribution in [0.15, 0.2) is 88.7 Å². The molecule has 0 fully saturated rings. The monoisotopic (exact) mass is 370 g/mol. The Labute approximate surface area is 160 Å². The molecule has 6 nitrogen and oxygen atoms in total. The predicted molar refractivity (Wildman–Crippen MR) is 101 cm³/mol. The molecule has 2 aromatic carbocycles. The van der Waals surface area contributed by atoms with Gasteiger partial charge in [-0.05, 0) is 42.0 Å². The largest absolute Gasteiger partial charge is 0.503 e. The number of Topliss-reactive ketones (excluding diaryl/α,β-unsaturated/α-hetero) is 1. The number of benzene rings is 2. The second-order valence-corrected chi connectivity index (χ2v) is 6.22. The zero-order chi connectivity index (χ0) is 19.7. The minimum atomic E-state index is -0.820. The Balaban J connectivity index is 1.86. The van der Waals surface area contributed by atoms with Crippen LogP contribution in [0.25, 0.3) is 0 Å². The number of carbonyl (C=O) groups is 2. The van der Waals surface area contributed by atoms with E-state index in [1.54, 1.807) is 54.6 Å². The minimum Gasteiger partial charge on any atom is -0.503 e. The first-order chi connectivity index (χ1) is 13.6. The van der Waals surface area contributed by atoms with Crippen LogP contribution in [0.4, 0.5) is 5.69 Å². The number of hydrogen-bond donors (Lipinski definition) is 1. The molecule has 0 saturated heterocycles. The molecule has 1 unspecified atom stereocenters. The number of aliphatic hydroxyl groups is 1. The fourth-order valence-electron chi connectivity index (χ4n) is 3.29. The second-order valence-electron chi connectivity index (χ2n) is 6.22. The number of anilines is 1. The van der Waals surface area contributed by atoms with E-state index in [1.165, 1.54) is 17.2 Å². The van der Waals surface area contributed by atoms with Crippen molar-refractivity contribution >= 4 is 17.4 Å². The first-order valence-electron chi connectivity index (χ1n) is 8.52. The number of nitrogens with zero attached hydrogens (tertiary/aromatic N) is 2. The van der Waals surface area contributed by atoms with Gasteiger partial charge >= 0.3 is 0 Å². The number of nitriles is 1. The third-order valence-corrected chi connectivity index (χ3v) is 4.59. The Morgan fingerprint density at radius 2 is 1.75 bits per heavy atom. The van der Waals surface area contributed by atoms with E-state index < -0.39 is 23.5 Å². The molecule has 136 valence electrons. The number of rotatable bonds is 4. The van der Waals surface area contributed by atoms with Gasteiger partial charge in [-0.15, -0.1) is 0 Å². The van der Waals surface area contributed by atoms with E-state index in [1.807, 2.05) is 12.1 Å². The van der Waals surface area contributed by atoms with Crippen LogP contribution in [0, 0.1) is 11.3 Å². The average molecular weight is 370 g/mol. The van der Waals surface area contributed by atoms with Gasteiger partial charge in [0.1, 0.15) is 0 Å². The van der Waals surface area contributed by atoms with Gasteiger partial charge in [0.25, 0.3) is 5.91 Å². The summed E-state index contributed by atoms with van der Waals surface area (Å²) in [5, 5.41) is 19.6. The van der Waals surface area contributed by atoms with Crippen LogP contribution >= 0.6 is 0 Å². The smallest absolute Gasteiger partial charge is 0.294 e. The highest BCUT2D eigenvalue weighted by molar-refractivity contribution is 6.20. The maximum Gasteiger partial charge on any atom is 0.294 e. The molecule has 4 rings (SSSR count). The van der Waals surface area contributed by atoms with Crippen LogP contribution in [0.1, 0.15) is 27.7 Å². The standard InChI is InChI=1S/C22H14N2O4/c23-13-14-8-10-16(11-9-14)24-19(15-5-2-1-3-6-15)18(21(26)22(24)27)20(25)17-7-4-12-28-17/h1-12,19,26H. The number of hydrogen-bond acceptors (Lipinski definition) is 5. The van der Waals surface area contributed by atoms with Crippen LogP contribution in [0.3, 0.4) is 0 Å². The number of carbonyl (C=O) groups excluding carboxylic acids is 2. The van der Waals surface area contributed by atoms with Crippen molar-refractivity contribution in [2.45, 2.75) is 6.04 Å². The van der Waals surface area contributed by atoms with Crippen molar-refractivity contribution in [1.82, 2.24) is 0 Å². The lowest BCUT2D eigenvalue weighted by atomic mass is 9.95. The number of furan rings is 1. The lowest BCUT2D eigenvalue weighted by Gasteiger charge is -2.26. The summed E-state index contributed by atoms with van der Waals surface area (Å²) < 4.78 is 5.19. The molecule has 1 aromatic heterocycles. The molecule has 1 aliphatic heterocycles. The van der Waals surface area contributed by atoms with Gasteiger partial charge < -0.3 is 9.52 Å². The van der Waals surface area contributed by atoms with Crippen molar-refractivity contribution in [1.29, 1.82) is 5.26 Å². The molecule has 2 heterocycles. The van der Waals surface area contributed by atoms with Crippen LogP contribution in [-0.2, 0) is 4.79 Å². The van der Waals surface area contributed by atoms with Crippen molar-refractivity contribution < 1.29 is 19.1 Å². The van der Waals surface area contributed by atoms with Gasteiger partial charge in [-0.1, -0.05) is 30.3 Å². The summed E-state index contributed by atoms with van der Waals surface area (Å²) in [6.45, 7) is 0. The Bertz CT molecular complexity index is 1110. The molecule has 1 N–H and O–H groups in total. The summed E-state index contributed by atoms with van der Waals surface area (Å²) >= 11 is 0. The number of ketones is 1. The maximum atomic E-state index is 13.0. The third-order valence-electron chi connectivity index (χ3n) is 4.59. The normalized spacial score (nSPS) is 16.3. The maximum absolute atomic E-state index is 13.0. The fourth-order valence-corrected chi connectivity index (χ4v) is 3.29. The van der Waals surface area contributed by atoms with Gasteiger partial charge in [-0.25, -0.2) is 0 Å². The highest BCUT2D eigenvalue weighted by Gasteiger charge is 2.45. The average Bonchev–Trinajstić information content (AvgIpc) is 3.36. The van der Waals surface area contributed by atoms with E-state index in [-0.39, 0.29) is 11.3 Å². The molecule has 0 radical (unpaired) electrons. The van der Waals surface area contributed by atoms with Gasteiger partial charge in [-0.3, -0.25) is 14.5 Å². The van der Waals surface area contributed by atoms with Crippen LogP contribution in [0.2, 0.25) is 0 Å². The molecule has 0 spiro atoms. The first-order valence-corrected chi connectivity index (χ1v) is 8.52. The van der Waals surface area contributed by atoms with E-state index in [2.05, 4.69) is 0 Å². The quantitative estimate of drug-likeness (QED) is 0.702. The predicted octanol–water partition coefficient (Wildman–Crippen LogP) is 3.93.